The number of benzene rings is 1. The van der Waals surface area contributed by atoms with Crippen molar-refractivity contribution in [1.29, 1.82) is 0 Å². The van der Waals surface area contributed by atoms with Crippen LogP contribution >= 0.6 is 24.0 Å². The Kier molecular flexibility index (Phi) is 6.59. The van der Waals surface area contributed by atoms with Gasteiger partial charge in [-0.25, -0.2) is 9.37 Å². The Balaban J connectivity index is 0.00000208. The van der Waals surface area contributed by atoms with Crippen LogP contribution in [-0.4, -0.2) is 35.6 Å². The van der Waals surface area contributed by atoms with E-state index in [1.165, 1.54) is 6.07 Å². The number of nitrogens with one attached hydrogen (secondary N) is 2. The zero-order valence-corrected chi connectivity index (χ0v) is 16.0. The Labute approximate surface area is 158 Å². The highest BCUT2D eigenvalue weighted by molar-refractivity contribution is 14.0. The van der Waals surface area contributed by atoms with Gasteiger partial charge in [-0.15, -0.1) is 24.0 Å². The summed E-state index contributed by atoms with van der Waals surface area (Å²) in [4.78, 5) is 8.24. The number of hydrogen-bond donors (Lipinski definition) is 2. The predicted molar refractivity (Wildman–Crippen MR) is 104 cm³/mol. The minimum atomic E-state index is -0.116. The monoisotopic (exact) mass is 443 g/mol. The number of aliphatic imine (C=N–C) groups is 1. The van der Waals surface area contributed by atoms with Crippen molar-refractivity contribution in [3.8, 4) is 0 Å². The maximum atomic E-state index is 14.0. The molecule has 0 aliphatic heterocycles. The number of halogens is 2. The van der Waals surface area contributed by atoms with Gasteiger partial charge in [0.2, 0.25) is 0 Å². The summed E-state index contributed by atoms with van der Waals surface area (Å²) in [6, 6.07) is 7.06. The molecule has 1 aliphatic carbocycles. The second kappa shape index (κ2) is 8.46. The molecule has 0 saturated heterocycles. The number of guanidine groups is 1. The molecule has 1 aliphatic rings. The van der Waals surface area contributed by atoms with Gasteiger partial charge in [-0.2, -0.15) is 0 Å². The van der Waals surface area contributed by atoms with E-state index in [1.54, 1.807) is 25.6 Å². The molecule has 0 atom stereocenters. The Morgan fingerprint density at radius 3 is 2.75 bits per heavy atom. The fourth-order valence-electron chi connectivity index (χ4n) is 2.78. The van der Waals surface area contributed by atoms with Crippen molar-refractivity contribution in [2.24, 2.45) is 4.99 Å². The van der Waals surface area contributed by atoms with Crippen LogP contribution in [0.1, 0.15) is 18.4 Å². The molecular formula is C17H23FIN5. The Morgan fingerprint density at radius 2 is 2.12 bits per heavy atom. The van der Waals surface area contributed by atoms with Gasteiger partial charge in [0.05, 0.1) is 6.33 Å². The van der Waals surface area contributed by atoms with Crippen LogP contribution in [0.2, 0.25) is 0 Å². The lowest BCUT2D eigenvalue weighted by atomic mass is 9.95. The lowest BCUT2D eigenvalue weighted by Gasteiger charge is -2.19. The van der Waals surface area contributed by atoms with Gasteiger partial charge in [0.1, 0.15) is 5.82 Å². The third kappa shape index (κ3) is 4.46. The van der Waals surface area contributed by atoms with Crippen LogP contribution in [0.5, 0.6) is 0 Å². The average Bonchev–Trinajstić information content (AvgIpc) is 3.17. The molecule has 1 heterocycles. The zero-order valence-electron chi connectivity index (χ0n) is 13.7. The first-order chi connectivity index (χ1) is 11.2. The van der Waals surface area contributed by atoms with Crippen LogP contribution in [-0.2, 0) is 12.0 Å². The number of hydrogen-bond acceptors (Lipinski definition) is 2. The minimum Gasteiger partial charge on any atom is -0.356 e. The molecule has 7 heteroatoms. The Bertz CT molecular complexity index is 667. The average molecular weight is 443 g/mol. The highest BCUT2D eigenvalue weighted by Gasteiger charge is 2.45. The number of aromatic nitrogens is 2. The van der Waals surface area contributed by atoms with E-state index in [-0.39, 0.29) is 35.2 Å². The molecule has 0 radical (unpaired) electrons. The van der Waals surface area contributed by atoms with Gasteiger partial charge in [0.25, 0.3) is 0 Å². The Morgan fingerprint density at radius 1 is 1.33 bits per heavy atom. The molecule has 2 N–H and O–H groups in total. The molecule has 130 valence electrons. The molecule has 5 nitrogen and oxygen atoms in total. The van der Waals surface area contributed by atoms with Crippen LogP contribution in [0.4, 0.5) is 4.39 Å². The summed E-state index contributed by atoms with van der Waals surface area (Å²) in [5, 5.41) is 6.60. The molecule has 2 aromatic rings. The summed E-state index contributed by atoms with van der Waals surface area (Å²) in [7, 11) is 1.75. The predicted octanol–water partition coefficient (Wildman–Crippen LogP) is 2.54. The molecular weight excluding hydrogens is 420 g/mol. The van der Waals surface area contributed by atoms with Crippen molar-refractivity contribution < 1.29 is 4.39 Å². The van der Waals surface area contributed by atoms with E-state index in [9.17, 15) is 4.39 Å². The largest absolute Gasteiger partial charge is 0.356 e. The van der Waals surface area contributed by atoms with E-state index in [1.807, 2.05) is 22.9 Å². The van der Waals surface area contributed by atoms with Gasteiger partial charge in [-0.1, -0.05) is 18.2 Å². The van der Waals surface area contributed by atoms with E-state index in [4.69, 9.17) is 0 Å². The van der Waals surface area contributed by atoms with Crippen molar-refractivity contribution in [1.82, 2.24) is 20.2 Å². The highest BCUT2D eigenvalue weighted by Crippen LogP contribution is 2.48. The lowest BCUT2D eigenvalue weighted by Crippen LogP contribution is -2.42. The van der Waals surface area contributed by atoms with Gasteiger partial charge in [-0.3, -0.25) is 4.99 Å². The number of imidazole rings is 1. The van der Waals surface area contributed by atoms with E-state index < -0.39 is 0 Å². The fourth-order valence-corrected chi connectivity index (χ4v) is 2.78. The third-order valence-corrected chi connectivity index (χ3v) is 4.34. The molecule has 0 spiro atoms. The summed E-state index contributed by atoms with van der Waals surface area (Å²) in [6.07, 6.45) is 7.49. The van der Waals surface area contributed by atoms with Gasteiger partial charge < -0.3 is 15.2 Å². The molecule has 0 bridgehead atoms. The van der Waals surface area contributed by atoms with Crippen LogP contribution in [0, 0.1) is 5.82 Å². The first-order valence-corrected chi connectivity index (χ1v) is 7.89. The second-order valence-corrected chi connectivity index (χ2v) is 5.91. The molecule has 1 aromatic carbocycles. The molecule has 1 saturated carbocycles. The van der Waals surface area contributed by atoms with Crippen LogP contribution in [0.15, 0.2) is 48.0 Å². The van der Waals surface area contributed by atoms with E-state index in [0.29, 0.717) is 6.54 Å². The van der Waals surface area contributed by atoms with Gasteiger partial charge >= 0.3 is 0 Å². The van der Waals surface area contributed by atoms with Crippen molar-refractivity contribution in [2.75, 3.05) is 20.1 Å². The van der Waals surface area contributed by atoms with Crippen molar-refractivity contribution in [2.45, 2.75) is 24.8 Å². The molecule has 24 heavy (non-hydrogen) atoms. The first-order valence-electron chi connectivity index (χ1n) is 7.89. The quantitative estimate of drug-likeness (QED) is 0.410. The summed E-state index contributed by atoms with van der Waals surface area (Å²) >= 11 is 0. The first kappa shape index (κ1) is 18.7. The summed E-state index contributed by atoms with van der Waals surface area (Å²) in [6.45, 7) is 2.26. The van der Waals surface area contributed by atoms with E-state index in [2.05, 4.69) is 20.6 Å². The van der Waals surface area contributed by atoms with E-state index in [0.717, 1.165) is 37.5 Å². The SMILES string of the molecule is CN=C(NCCn1ccnc1)NCC1(c2ccccc2F)CC1.I. The fraction of sp³-hybridized carbons (Fsp3) is 0.412. The van der Waals surface area contributed by atoms with Crippen molar-refractivity contribution in [3.05, 3.63) is 54.4 Å². The van der Waals surface area contributed by atoms with Crippen LogP contribution in [0.25, 0.3) is 0 Å². The van der Waals surface area contributed by atoms with E-state index >= 15 is 0 Å². The van der Waals surface area contributed by atoms with Gasteiger partial charge in [-0.05, 0) is 24.5 Å². The molecule has 1 aromatic heterocycles. The summed E-state index contributed by atoms with van der Waals surface area (Å²) in [5.74, 6) is 0.627. The summed E-state index contributed by atoms with van der Waals surface area (Å²) in [5.41, 5.74) is 0.717. The van der Waals surface area contributed by atoms with Gasteiger partial charge in [0, 0.05) is 44.5 Å². The Hall–Kier alpha value is -1.64. The molecule has 0 unspecified atom stereocenters. The second-order valence-electron chi connectivity index (χ2n) is 5.91. The maximum absolute atomic E-state index is 14.0. The number of nitrogens with zero attached hydrogens (tertiary/aromatic N) is 3. The molecule has 1 fully saturated rings. The van der Waals surface area contributed by atoms with Crippen molar-refractivity contribution >= 4 is 29.9 Å². The standard InChI is InChI=1S/C17H22FN5.HI/c1-19-16(21-9-11-23-10-8-20-13-23)22-12-17(6-7-17)14-4-2-3-5-15(14)18;/h2-5,8,10,13H,6-7,9,11-12H2,1H3,(H2,19,21,22);1H. The van der Waals surface area contributed by atoms with Crippen LogP contribution in [0.3, 0.4) is 0 Å². The lowest BCUT2D eigenvalue weighted by molar-refractivity contribution is 0.558. The smallest absolute Gasteiger partial charge is 0.191 e. The van der Waals surface area contributed by atoms with Gasteiger partial charge in [0.15, 0.2) is 5.96 Å². The topological polar surface area (TPSA) is 54.2 Å². The normalized spacial score (nSPS) is 15.5. The maximum Gasteiger partial charge on any atom is 0.191 e. The highest BCUT2D eigenvalue weighted by atomic mass is 127. The van der Waals surface area contributed by atoms with Crippen molar-refractivity contribution in [3.63, 3.8) is 0 Å². The zero-order chi connectivity index (χ0) is 16.1. The molecule has 3 rings (SSSR count). The minimum absolute atomic E-state index is 0. The number of rotatable bonds is 6. The molecule has 0 amide bonds. The van der Waals surface area contributed by atoms with Crippen LogP contribution < -0.4 is 10.6 Å². The third-order valence-electron chi connectivity index (χ3n) is 4.34. The summed E-state index contributed by atoms with van der Waals surface area (Å²) < 4.78 is 16.0.